The van der Waals surface area contributed by atoms with Crippen molar-refractivity contribution in [2.24, 2.45) is 0 Å². The van der Waals surface area contributed by atoms with Crippen molar-refractivity contribution in [2.75, 3.05) is 7.11 Å². The van der Waals surface area contributed by atoms with E-state index < -0.39 is 0 Å². The quantitative estimate of drug-likeness (QED) is 0.830. The fourth-order valence-corrected chi connectivity index (χ4v) is 2.56. The standard InChI is InChI=1S/C14H20O2/c1-10-3-8-14(16-2)13(9-10)11-4-6-12(15)7-5-11/h3,8-9,11-12,15H,4-7H2,1-2H3. The van der Waals surface area contributed by atoms with E-state index in [0.29, 0.717) is 5.92 Å². The molecule has 0 spiro atoms. The predicted molar refractivity (Wildman–Crippen MR) is 64.9 cm³/mol. The van der Waals surface area contributed by atoms with Gasteiger partial charge in [-0.15, -0.1) is 0 Å². The fourth-order valence-electron chi connectivity index (χ4n) is 2.56. The maximum absolute atomic E-state index is 9.52. The van der Waals surface area contributed by atoms with Crippen LogP contribution in [0.1, 0.15) is 42.7 Å². The molecule has 1 aromatic carbocycles. The van der Waals surface area contributed by atoms with E-state index >= 15 is 0 Å². The van der Waals surface area contributed by atoms with Gasteiger partial charge in [-0.2, -0.15) is 0 Å². The molecular weight excluding hydrogens is 200 g/mol. The number of aliphatic hydroxyl groups excluding tert-OH is 1. The zero-order chi connectivity index (χ0) is 11.5. The lowest BCUT2D eigenvalue weighted by Gasteiger charge is -2.27. The summed E-state index contributed by atoms with van der Waals surface area (Å²) < 4.78 is 5.42. The largest absolute Gasteiger partial charge is 0.496 e. The van der Waals surface area contributed by atoms with Crippen LogP contribution in [0.3, 0.4) is 0 Å². The molecule has 88 valence electrons. The molecule has 0 radical (unpaired) electrons. The number of hydrogen-bond donors (Lipinski definition) is 1. The van der Waals surface area contributed by atoms with E-state index in [0.717, 1.165) is 31.4 Å². The van der Waals surface area contributed by atoms with Crippen LogP contribution in [-0.2, 0) is 0 Å². The van der Waals surface area contributed by atoms with E-state index in [-0.39, 0.29) is 6.10 Å². The van der Waals surface area contributed by atoms with Gasteiger partial charge in [0, 0.05) is 0 Å². The second-order valence-corrected chi connectivity index (χ2v) is 4.75. The van der Waals surface area contributed by atoms with Gasteiger partial charge in [0.2, 0.25) is 0 Å². The van der Waals surface area contributed by atoms with Gasteiger partial charge in [-0.3, -0.25) is 0 Å². The molecule has 2 heteroatoms. The summed E-state index contributed by atoms with van der Waals surface area (Å²) in [6.07, 6.45) is 3.89. The van der Waals surface area contributed by atoms with Gasteiger partial charge in [0.25, 0.3) is 0 Å². The zero-order valence-electron chi connectivity index (χ0n) is 10.1. The number of benzene rings is 1. The number of ether oxygens (including phenoxy) is 1. The van der Waals surface area contributed by atoms with Crippen LogP contribution < -0.4 is 4.74 Å². The van der Waals surface area contributed by atoms with Gasteiger partial charge >= 0.3 is 0 Å². The number of aliphatic hydroxyl groups is 1. The van der Waals surface area contributed by atoms with Crippen LogP contribution in [0.15, 0.2) is 18.2 Å². The van der Waals surface area contributed by atoms with Gasteiger partial charge < -0.3 is 9.84 Å². The van der Waals surface area contributed by atoms with Crippen molar-refractivity contribution in [3.05, 3.63) is 29.3 Å². The van der Waals surface area contributed by atoms with Crippen molar-refractivity contribution in [1.29, 1.82) is 0 Å². The molecule has 1 N–H and O–H groups in total. The molecule has 0 aliphatic heterocycles. The van der Waals surface area contributed by atoms with Gasteiger partial charge in [0.1, 0.15) is 5.75 Å². The molecule has 1 fully saturated rings. The van der Waals surface area contributed by atoms with Gasteiger partial charge in [0.15, 0.2) is 0 Å². The summed E-state index contributed by atoms with van der Waals surface area (Å²) in [5.74, 6) is 1.55. The maximum Gasteiger partial charge on any atom is 0.122 e. The Bertz CT molecular complexity index is 352. The second kappa shape index (κ2) is 4.88. The van der Waals surface area contributed by atoms with Crippen LogP contribution in [0.4, 0.5) is 0 Å². The lowest BCUT2D eigenvalue weighted by atomic mass is 9.82. The molecule has 1 aliphatic carbocycles. The Balaban J connectivity index is 2.21. The minimum atomic E-state index is -0.0907. The van der Waals surface area contributed by atoms with Gasteiger partial charge in [-0.05, 0) is 50.2 Å². The summed E-state index contributed by atoms with van der Waals surface area (Å²) in [5, 5.41) is 9.52. The van der Waals surface area contributed by atoms with Crippen molar-refractivity contribution in [1.82, 2.24) is 0 Å². The van der Waals surface area contributed by atoms with Crippen molar-refractivity contribution in [3.8, 4) is 5.75 Å². The first-order valence-electron chi connectivity index (χ1n) is 6.03. The summed E-state index contributed by atoms with van der Waals surface area (Å²) >= 11 is 0. The number of aryl methyl sites for hydroxylation is 1. The second-order valence-electron chi connectivity index (χ2n) is 4.75. The third-order valence-corrected chi connectivity index (χ3v) is 3.52. The van der Waals surface area contributed by atoms with E-state index in [2.05, 4.69) is 25.1 Å². The summed E-state index contributed by atoms with van der Waals surface area (Å²) in [6.45, 7) is 2.11. The molecule has 0 amide bonds. The maximum atomic E-state index is 9.52. The van der Waals surface area contributed by atoms with E-state index in [9.17, 15) is 5.11 Å². The predicted octanol–water partition coefficient (Wildman–Crippen LogP) is 3.02. The molecule has 1 saturated carbocycles. The van der Waals surface area contributed by atoms with Crippen molar-refractivity contribution < 1.29 is 9.84 Å². The monoisotopic (exact) mass is 220 g/mol. The molecule has 0 bridgehead atoms. The first-order valence-corrected chi connectivity index (χ1v) is 6.03. The molecule has 0 aromatic heterocycles. The molecule has 0 atom stereocenters. The van der Waals surface area contributed by atoms with E-state index in [1.165, 1.54) is 11.1 Å². The molecule has 0 heterocycles. The fraction of sp³-hybridized carbons (Fsp3) is 0.571. The Kier molecular flexibility index (Phi) is 3.49. The average Bonchev–Trinajstić information content (AvgIpc) is 2.30. The van der Waals surface area contributed by atoms with Crippen LogP contribution in [0, 0.1) is 6.92 Å². The van der Waals surface area contributed by atoms with E-state index in [4.69, 9.17) is 4.74 Å². The van der Waals surface area contributed by atoms with Gasteiger partial charge in [-0.1, -0.05) is 17.7 Å². The molecule has 16 heavy (non-hydrogen) atoms. The molecular formula is C14H20O2. The molecule has 0 unspecified atom stereocenters. The number of rotatable bonds is 2. The van der Waals surface area contributed by atoms with Crippen molar-refractivity contribution in [2.45, 2.75) is 44.6 Å². The summed E-state index contributed by atoms with van der Waals surface area (Å²) in [5.41, 5.74) is 2.59. The van der Waals surface area contributed by atoms with Crippen molar-refractivity contribution in [3.63, 3.8) is 0 Å². The highest BCUT2D eigenvalue weighted by Gasteiger charge is 2.23. The summed E-state index contributed by atoms with van der Waals surface area (Å²) in [7, 11) is 1.73. The smallest absolute Gasteiger partial charge is 0.122 e. The van der Waals surface area contributed by atoms with Crippen LogP contribution in [0.25, 0.3) is 0 Å². The average molecular weight is 220 g/mol. The first kappa shape index (κ1) is 11.5. The van der Waals surface area contributed by atoms with Gasteiger partial charge in [0.05, 0.1) is 13.2 Å². The zero-order valence-corrected chi connectivity index (χ0v) is 10.1. The third-order valence-electron chi connectivity index (χ3n) is 3.52. The highest BCUT2D eigenvalue weighted by atomic mass is 16.5. The molecule has 1 aromatic rings. The Hall–Kier alpha value is -1.02. The Morgan fingerprint density at radius 1 is 1.19 bits per heavy atom. The molecule has 0 saturated heterocycles. The number of hydrogen-bond acceptors (Lipinski definition) is 2. The minimum absolute atomic E-state index is 0.0907. The van der Waals surface area contributed by atoms with Crippen molar-refractivity contribution >= 4 is 0 Å². The lowest BCUT2D eigenvalue weighted by molar-refractivity contribution is 0.122. The van der Waals surface area contributed by atoms with E-state index in [1.807, 2.05) is 0 Å². The van der Waals surface area contributed by atoms with Crippen LogP contribution in [0.2, 0.25) is 0 Å². The first-order chi connectivity index (χ1) is 7.70. The molecule has 2 nitrogen and oxygen atoms in total. The van der Waals surface area contributed by atoms with Crippen LogP contribution >= 0.6 is 0 Å². The SMILES string of the molecule is COc1ccc(C)cc1C1CCC(O)CC1. The topological polar surface area (TPSA) is 29.5 Å². The van der Waals surface area contributed by atoms with Crippen LogP contribution in [-0.4, -0.2) is 18.3 Å². The van der Waals surface area contributed by atoms with Crippen LogP contribution in [0.5, 0.6) is 5.75 Å². The molecule has 1 aliphatic rings. The Morgan fingerprint density at radius 2 is 1.88 bits per heavy atom. The van der Waals surface area contributed by atoms with E-state index in [1.54, 1.807) is 7.11 Å². The lowest BCUT2D eigenvalue weighted by Crippen LogP contribution is -2.17. The molecule has 2 rings (SSSR count). The summed E-state index contributed by atoms with van der Waals surface area (Å²) in [4.78, 5) is 0. The van der Waals surface area contributed by atoms with Gasteiger partial charge in [-0.25, -0.2) is 0 Å². The highest BCUT2D eigenvalue weighted by Crippen LogP contribution is 2.37. The minimum Gasteiger partial charge on any atom is -0.496 e. The Morgan fingerprint density at radius 3 is 2.50 bits per heavy atom. The highest BCUT2D eigenvalue weighted by molar-refractivity contribution is 5.39. The Labute approximate surface area is 97.3 Å². The summed E-state index contributed by atoms with van der Waals surface area (Å²) in [6, 6.07) is 6.36. The third kappa shape index (κ3) is 2.38. The normalized spacial score (nSPS) is 25.4. The number of methoxy groups -OCH3 is 1.